The molecule has 0 saturated heterocycles. The van der Waals surface area contributed by atoms with E-state index in [9.17, 15) is 0 Å². The molecule has 2 rings (SSSR count). The van der Waals surface area contributed by atoms with E-state index in [0.29, 0.717) is 6.04 Å². The molecular weight excluding hydrogens is 258 g/mol. The summed E-state index contributed by atoms with van der Waals surface area (Å²) in [4.78, 5) is 0. The molecule has 2 heterocycles. The minimum atomic E-state index is 0.411. The first kappa shape index (κ1) is 15.8. The Balaban J connectivity index is 2.02. The lowest BCUT2D eigenvalue weighted by Gasteiger charge is -2.17. The van der Waals surface area contributed by atoms with E-state index < -0.39 is 0 Å². The smallest absolute Gasteiger partial charge is 0.0709 e. The van der Waals surface area contributed by atoms with Crippen LogP contribution >= 0.6 is 0 Å². The van der Waals surface area contributed by atoms with Gasteiger partial charge < -0.3 is 5.32 Å². The van der Waals surface area contributed by atoms with Crippen LogP contribution in [0, 0.1) is 0 Å². The Morgan fingerprint density at radius 1 is 1.33 bits per heavy atom. The van der Waals surface area contributed by atoms with Crippen molar-refractivity contribution in [1.29, 1.82) is 0 Å². The number of nitrogens with one attached hydrogen (secondary N) is 1. The molecule has 0 bridgehead atoms. The van der Waals surface area contributed by atoms with Crippen molar-refractivity contribution in [1.82, 2.24) is 14.9 Å². The average Bonchev–Trinajstić information content (AvgIpc) is 2.94. The minimum absolute atomic E-state index is 0.411. The molecule has 0 aliphatic carbocycles. The third-order valence-corrected chi connectivity index (χ3v) is 3.87. The summed E-state index contributed by atoms with van der Waals surface area (Å²) in [6.45, 7) is 7.05. The van der Waals surface area contributed by atoms with Gasteiger partial charge in [-0.1, -0.05) is 31.9 Å². The lowest BCUT2D eigenvalue weighted by atomic mass is 10.0. The number of aromatic nitrogens is 2. The first-order valence-electron chi connectivity index (χ1n) is 8.13. The molecule has 21 heavy (non-hydrogen) atoms. The van der Waals surface area contributed by atoms with Crippen molar-refractivity contribution in [3.63, 3.8) is 0 Å². The summed E-state index contributed by atoms with van der Waals surface area (Å²) in [6, 6.07) is 6.67. The summed E-state index contributed by atoms with van der Waals surface area (Å²) in [5, 5.41) is 8.15. The predicted molar refractivity (Wildman–Crippen MR) is 89.5 cm³/mol. The topological polar surface area (TPSA) is 29.3 Å². The highest BCUT2D eigenvalue weighted by molar-refractivity contribution is 5.54. The van der Waals surface area contributed by atoms with Gasteiger partial charge in [0.1, 0.15) is 0 Å². The molecule has 2 aromatic heterocycles. The normalized spacial score (nSPS) is 12.6. The molecule has 0 aliphatic rings. The molecule has 1 N–H and O–H groups in total. The van der Waals surface area contributed by atoms with Crippen molar-refractivity contribution in [3.05, 3.63) is 48.8 Å². The number of nitrogens with zero attached hydrogens (tertiary/aromatic N) is 2. The second-order valence-corrected chi connectivity index (χ2v) is 5.56. The maximum absolute atomic E-state index is 4.47. The van der Waals surface area contributed by atoms with E-state index in [-0.39, 0.29) is 0 Å². The van der Waals surface area contributed by atoms with E-state index in [4.69, 9.17) is 0 Å². The zero-order chi connectivity index (χ0) is 14.9. The Hall–Kier alpha value is -1.61. The number of allylic oxidation sites excluding steroid dienone is 1. The lowest BCUT2D eigenvalue weighted by Crippen LogP contribution is -2.22. The van der Waals surface area contributed by atoms with Crippen LogP contribution in [0.25, 0.3) is 5.52 Å². The van der Waals surface area contributed by atoms with E-state index in [0.717, 1.165) is 19.4 Å². The van der Waals surface area contributed by atoms with Gasteiger partial charge in [0.25, 0.3) is 0 Å². The fourth-order valence-electron chi connectivity index (χ4n) is 2.72. The summed E-state index contributed by atoms with van der Waals surface area (Å²) in [5.74, 6) is 0. The molecule has 0 spiro atoms. The van der Waals surface area contributed by atoms with Gasteiger partial charge in [0, 0.05) is 17.8 Å². The maximum atomic E-state index is 4.47. The molecule has 3 nitrogen and oxygen atoms in total. The summed E-state index contributed by atoms with van der Waals surface area (Å²) in [7, 11) is 0. The standard InChI is InChI=1S/C18H27N3/c1-3-5-6-7-8-11-17(19-13-4-2)16-15-20-21-14-10-9-12-18(16)21/h3,9-10,12,14-15,17,19H,1,4-8,11,13H2,2H3. The van der Waals surface area contributed by atoms with Crippen LogP contribution in [0.4, 0.5) is 0 Å². The molecule has 0 aromatic carbocycles. The molecule has 0 amide bonds. The zero-order valence-corrected chi connectivity index (χ0v) is 13.1. The Morgan fingerprint density at radius 3 is 3.05 bits per heavy atom. The third-order valence-electron chi connectivity index (χ3n) is 3.87. The fraction of sp³-hybridized carbons (Fsp3) is 0.500. The third kappa shape index (κ3) is 4.43. The molecule has 114 valence electrons. The van der Waals surface area contributed by atoms with Gasteiger partial charge in [-0.3, -0.25) is 0 Å². The number of hydrogen-bond acceptors (Lipinski definition) is 2. The summed E-state index contributed by atoms with van der Waals surface area (Å²) >= 11 is 0. The molecule has 1 unspecified atom stereocenters. The van der Waals surface area contributed by atoms with Gasteiger partial charge >= 0.3 is 0 Å². The first-order valence-corrected chi connectivity index (χ1v) is 8.13. The van der Waals surface area contributed by atoms with Gasteiger partial charge in [0.15, 0.2) is 0 Å². The highest BCUT2D eigenvalue weighted by atomic mass is 15.2. The summed E-state index contributed by atoms with van der Waals surface area (Å²) in [6.07, 6.45) is 13.3. The van der Waals surface area contributed by atoms with Crippen LogP contribution in [0.1, 0.15) is 57.1 Å². The summed E-state index contributed by atoms with van der Waals surface area (Å²) in [5.41, 5.74) is 2.55. The van der Waals surface area contributed by atoms with Crippen LogP contribution in [0.15, 0.2) is 43.2 Å². The van der Waals surface area contributed by atoms with Crippen LogP contribution in [0.5, 0.6) is 0 Å². The van der Waals surface area contributed by atoms with Crippen molar-refractivity contribution >= 4 is 5.52 Å². The van der Waals surface area contributed by atoms with E-state index in [1.165, 1.54) is 36.8 Å². The number of rotatable bonds is 10. The largest absolute Gasteiger partial charge is 0.310 e. The van der Waals surface area contributed by atoms with E-state index in [2.05, 4.69) is 36.1 Å². The van der Waals surface area contributed by atoms with Crippen LogP contribution in [-0.4, -0.2) is 16.2 Å². The van der Waals surface area contributed by atoms with Crippen LogP contribution in [0.3, 0.4) is 0 Å². The zero-order valence-electron chi connectivity index (χ0n) is 13.1. The number of unbranched alkanes of at least 4 members (excludes halogenated alkanes) is 3. The maximum Gasteiger partial charge on any atom is 0.0709 e. The van der Waals surface area contributed by atoms with Crippen LogP contribution in [-0.2, 0) is 0 Å². The van der Waals surface area contributed by atoms with Crippen molar-refractivity contribution in [2.75, 3.05) is 6.54 Å². The highest BCUT2D eigenvalue weighted by Gasteiger charge is 2.15. The van der Waals surface area contributed by atoms with Gasteiger partial charge in [0.05, 0.1) is 11.7 Å². The Morgan fingerprint density at radius 2 is 2.24 bits per heavy atom. The molecule has 0 saturated carbocycles. The quantitative estimate of drug-likeness (QED) is 0.514. The first-order chi connectivity index (χ1) is 10.4. The molecule has 2 aromatic rings. The Bertz CT molecular complexity index is 544. The highest BCUT2D eigenvalue weighted by Crippen LogP contribution is 2.24. The van der Waals surface area contributed by atoms with Gasteiger partial charge in [-0.15, -0.1) is 6.58 Å². The van der Waals surface area contributed by atoms with Gasteiger partial charge in [-0.05, 0) is 44.4 Å². The monoisotopic (exact) mass is 285 g/mol. The molecule has 0 fully saturated rings. The predicted octanol–water partition coefficient (Wildman–Crippen LogP) is 4.51. The van der Waals surface area contributed by atoms with Crippen molar-refractivity contribution in [2.24, 2.45) is 0 Å². The molecule has 0 radical (unpaired) electrons. The average molecular weight is 285 g/mol. The SMILES string of the molecule is C=CCCCCCC(NCCC)c1cnn2ccccc12. The second kappa shape index (κ2) is 8.63. The van der Waals surface area contributed by atoms with Gasteiger partial charge in [-0.2, -0.15) is 5.10 Å². The molecule has 3 heteroatoms. The minimum Gasteiger partial charge on any atom is -0.310 e. The van der Waals surface area contributed by atoms with E-state index >= 15 is 0 Å². The van der Waals surface area contributed by atoms with Crippen LogP contribution < -0.4 is 5.32 Å². The van der Waals surface area contributed by atoms with E-state index in [1.54, 1.807) is 0 Å². The Labute approximate surface area is 128 Å². The van der Waals surface area contributed by atoms with Crippen LogP contribution in [0.2, 0.25) is 0 Å². The molecular formula is C18H27N3. The number of fused-ring (bicyclic) bond motifs is 1. The number of pyridine rings is 1. The Kier molecular flexibility index (Phi) is 6.48. The second-order valence-electron chi connectivity index (χ2n) is 5.56. The van der Waals surface area contributed by atoms with Crippen molar-refractivity contribution in [3.8, 4) is 0 Å². The fourth-order valence-corrected chi connectivity index (χ4v) is 2.72. The lowest BCUT2D eigenvalue weighted by molar-refractivity contribution is 0.474. The van der Waals surface area contributed by atoms with Crippen molar-refractivity contribution < 1.29 is 0 Å². The molecule has 0 aliphatic heterocycles. The summed E-state index contributed by atoms with van der Waals surface area (Å²) < 4.78 is 1.97. The van der Waals surface area contributed by atoms with Gasteiger partial charge in [0.2, 0.25) is 0 Å². The van der Waals surface area contributed by atoms with E-state index in [1.807, 2.05) is 29.1 Å². The molecule has 1 atom stereocenters. The van der Waals surface area contributed by atoms with Crippen molar-refractivity contribution in [2.45, 2.75) is 51.5 Å². The van der Waals surface area contributed by atoms with Gasteiger partial charge in [-0.25, -0.2) is 4.52 Å². The number of hydrogen-bond donors (Lipinski definition) is 1.